The van der Waals surface area contributed by atoms with Crippen molar-refractivity contribution in [3.8, 4) is 0 Å². The summed E-state index contributed by atoms with van der Waals surface area (Å²) in [5, 5.41) is 3.56. The molecular weight excluding hydrogens is 374 g/mol. The predicted octanol–water partition coefficient (Wildman–Crippen LogP) is 6.79. The number of aryl methyl sites for hydroxylation is 1. The molecule has 0 saturated carbocycles. The number of ketones is 1. The maximum atomic E-state index is 13.6. The van der Waals surface area contributed by atoms with Gasteiger partial charge in [-0.3, -0.25) is 4.79 Å². The zero-order chi connectivity index (χ0) is 20.3. The van der Waals surface area contributed by atoms with Gasteiger partial charge >= 0.3 is 0 Å². The van der Waals surface area contributed by atoms with Crippen molar-refractivity contribution < 1.29 is 4.79 Å². The van der Waals surface area contributed by atoms with Crippen LogP contribution in [0.15, 0.2) is 65.1 Å². The molecule has 5 rings (SSSR count). The number of carbonyl (C=O) groups excluding carboxylic acids is 1. The van der Waals surface area contributed by atoms with E-state index in [1.54, 1.807) is 11.8 Å². The van der Waals surface area contributed by atoms with E-state index < -0.39 is 0 Å². The second-order valence-corrected chi connectivity index (χ2v) is 9.09. The van der Waals surface area contributed by atoms with Crippen LogP contribution in [0.2, 0.25) is 0 Å². The molecule has 1 heterocycles. The fraction of sp³-hybridized carbons (Fsp3) is 0.192. The minimum Gasteiger partial charge on any atom is -0.354 e. The topological polar surface area (TPSA) is 29.1 Å². The van der Waals surface area contributed by atoms with Crippen molar-refractivity contribution in [3.63, 3.8) is 0 Å². The lowest BCUT2D eigenvalue weighted by atomic mass is 9.90. The highest BCUT2D eigenvalue weighted by Crippen LogP contribution is 2.53. The number of para-hydroxylation sites is 1. The van der Waals surface area contributed by atoms with Crippen molar-refractivity contribution in [2.45, 2.75) is 37.8 Å². The monoisotopic (exact) mass is 397 g/mol. The van der Waals surface area contributed by atoms with Crippen LogP contribution in [0.1, 0.15) is 49.0 Å². The maximum Gasteiger partial charge on any atom is 0.193 e. The molecule has 0 aromatic heterocycles. The van der Waals surface area contributed by atoms with Gasteiger partial charge in [-0.05, 0) is 67.6 Å². The average molecular weight is 398 g/mol. The van der Waals surface area contributed by atoms with E-state index in [-0.39, 0.29) is 11.0 Å². The number of thioether (sulfide) groups is 1. The van der Waals surface area contributed by atoms with Gasteiger partial charge in [0.25, 0.3) is 0 Å². The summed E-state index contributed by atoms with van der Waals surface area (Å²) in [5.41, 5.74) is 11.1. The van der Waals surface area contributed by atoms with E-state index in [1.165, 1.54) is 32.7 Å². The minimum absolute atomic E-state index is 0.0425. The van der Waals surface area contributed by atoms with Gasteiger partial charge in [0.05, 0.1) is 16.6 Å². The van der Waals surface area contributed by atoms with Gasteiger partial charge in [0, 0.05) is 21.6 Å². The molecule has 2 nitrogen and oxygen atoms in total. The van der Waals surface area contributed by atoms with Crippen LogP contribution >= 0.6 is 11.8 Å². The highest BCUT2D eigenvalue weighted by Gasteiger charge is 2.38. The molecule has 1 unspecified atom stereocenters. The first-order chi connectivity index (χ1) is 14.0. The van der Waals surface area contributed by atoms with Crippen LogP contribution < -0.4 is 5.32 Å². The van der Waals surface area contributed by atoms with Gasteiger partial charge in [-0.15, -0.1) is 11.8 Å². The average Bonchev–Trinajstić information content (AvgIpc) is 2.90. The third-order valence-corrected chi connectivity index (χ3v) is 7.75. The number of fused-ring (bicyclic) bond motifs is 3. The Kier molecular flexibility index (Phi) is 4.18. The van der Waals surface area contributed by atoms with Crippen LogP contribution in [-0.4, -0.2) is 5.78 Å². The van der Waals surface area contributed by atoms with Gasteiger partial charge in [-0.1, -0.05) is 42.5 Å². The zero-order valence-corrected chi connectivity index (χ0v) is 17.9. The Morgan fingerprint density at radius 2 is 1.52 bits per heavy atom. The summed E-state index contributed by atoms with van der Waals surface area (Å²) < 4.78 is 0. The van der Waals surface area contributed by atoms with Crippen LogP contribution in [-0.2, 0) is 0 Å². The second-order valence-electron chi connectivity index (χ2n) is 7.94. The smallest absolute Gasteiger partial charge is 0.193 e. The van der Waals surface area contributed by atoms with E-state index in [9.17, 15) is 4.79 Å². The molecular formula is C26H23NOS. The Morgan fingerprint density at radius 3 is 2.31 bits per heavy atom. The van der Waals surface area contributed by atoms with Crippen molar-refractivity contribution in [2.24, 2.45) is 0 Å². The molecule has 0 fully saturated rings. The molecule has 3 aromatic rings. The molecule has 1 N–H and O–H groups in total. The summed E-state index contributed by atoms with van der Waals surface area (Å²) in [4.78, 5) is 14.7. The van der Waals surface area contributed by atoms with Crippen molar-refractivity contribution in [1.29, 1.82) is 0 Å². The SMILES string of the molecule is Cc1cc(C2Sc3ccccc3NC3=C2C(=O)c2ccccc23)c(C)c(C)c1C. The number of hydrogen-bond acceptors (Lipinski definition) is 3. The molecule has 1 aliphatic heterocycles. The van der Waals surface area contributed by atoms with E-state index in [0.717, 1.165) is 28.1 Å². The quantitative estimate of drug-likeness (QED) is 0.490. The maximum absolute atomic E-state index is 13.6. The number of anilines is 1. The summed E-state index contributed by atoms with van der Waals surface area (Å²) >= 11 is 1.78. The number of carbonyl (C=O) groups is 1. The second kappa shape index (κ2) is 6.64. The lowest BCUT2D eigenvalue weighted by Gasteiger charge is -2.22. The molecule has 0 saturated heterocycles. The van der Waals surface area contributed by atoms with E-state index in [4.69, 9.17) is 0 Å². The standard InChI is InChI=1S/C26H23NOS/c1-14-13-20(17(4)16(3)15(14)2)26-23-24(18-9-5-6-10-19(18)25(23)28)27-21-11-7-8-12-22(21)29-26/h5-13,26-27H,1-4H3. The first-order valence-corrected chi connectivity index (χ1v) is 10.8. The van der Waals surface area contributed by atoms with E-state index in [2.05, 4.69) is 63.3 Å². The lowest BCUT2D eigenvalue weighted by molar-refractivity contribution is 0.103. The van der Waals surface area contributed by atoms with Gasteiger partial charge < -0.3 is 5.32 Å². The Labute approximate surface area is 176 Å². The number of hydrogen-bond donors (Lipinski definition) is 1. The molecule has 2 aliphatic rings. The van der Waals surface area contributed by atoms with Crippen LogP contribution in [0.3, 0.4) is 0 Å². The predicted molar refractivity (Wildman–Crippen MR) is 122 cm³/mol. The number of benzene rings is 3. The summed E-state index contributed by atoms with van der Waals surface area (Å²) in [7, 11) is 0. The molecule has 29 heavy (non-hydrogen) atoms. The lowest BCUT2D eigenvalue weighted by Crippen LogP contribution is -2.10. The van der Waals surface area contributed by atoms with Crippen LogP contribution in [0.5, 0.6) is 0 Å². The molecule has 1 aliphatic carbocycles. The summed E-state index contributed by atoms with van der Waals surface area (Å²) in [6, 6.07) is 18.6. The Morgan fingerprint density at radius 1 is 0.828 bits per heavy atom. The van der Waals surface area contributed by atoms with Crippen molar-refractivity contribution in [3.05, 3.63) is 99.1 Å². The Balaban J connectivity index is 1.80. The Hall–Kier alpha value is -2.78. The largest absolute Gasteiger partial charge is 0.354 e. The van der Waals surface area contributed by atoms with Gasteiger partial charge in [0.2, 0.25) is 0 Å². The summed E-state index contributed by atoms with van der Waals surface area (Å²) in [6.45, 7) is 8.73. The third-order valence-electron chi connectivity index (χ3n) is 6.41. The first kappa shape index (κ1) is 18.3. The number of rotatable bonds is 1. The molecule has 0 radical (unpaired) electrons. The van der Waals surface area contributed by atoms with Gasteiger partial charge in [0.1, 0.15) is 0 Å². The molecule has 0 amide bonds. The third kappa shape index (κ3) is 2.68. The van der Waals surface area contributed by atoms with Crippen molar-refractivity contribution >= 4 is 28.9 Å². The molecule has 1 atom stereocenters. The molecule has 0 bridgehead atoms. The minimum atomic E-state index is -0.0425. The van der Waals surface area contributed by atoms with Crippen LogP contribution in [0.4, 0.5) is 5.69 Å². The van der Waals surface area contributed by atoms with Crippen LogP contribution in [0, 0.1) is 27.7 Å². The molecule has 0 spiro atoms. The first-order valence-electron chi connectivity index (χ1n) is 9.95. The van der Waals surface area contributed by atoms with E-state index >= 15 is 0 Å². The summed E-state index contributed by atoms with van der Waals surface area (Å²) in [5.74, 6) is 0.142. The summed E-state index contributed by atoms with van der Waals surface area (Å²) in [6.07, 6.45) is 0. The Bertz CT molecular complexity index is 1220. The highest BCUT2D eigenvalue weighted by molar-refractivity contribution is 8.00. The van der Waals surface area contributed by atoms with Gasteiger partial charge in [0.15, 0.2) is 5.78 Å². The molecule has 144 valence electrons. The van der Waals surface area contributed by atoms with Crippen molar-refractivity contribution in [1.82, 2.24) is 0 Å². The fourth-order valence-electron chi connectivity index (χ4n) is 4.42. The van der Waals surface area contributed by atoms with E-state index in [1.807, 2.05) is 24.3 Å². The van der Waals surface area contributed by atoms with E-state index in [0.29, 0.717) is 0 Å². The fourth-order valence-corrected chi connectivity index (χ4v) is 5.79. The highest BCUT2D eigenvalue weighted by atomic mass is 32.2. The van der Waals surface area contributed by atoms with Crippen LogP contribution in [0.25, 0.3) is 5.70 Å². The molecule has 3 aromatic carbocycles. The zero-order valence-electron chi connectivity index (χ0n) is 17.1. The van der Waals surface area contributed by atoms with Crippen molar-refractivity contribution in [2.75, 3.05) is 5.32 Å². The normalized spacial score (nSPS) is 17.4. The number of Topliss-reactive ketones (excluding diaryl/α,β-unsaturated/α-hetero) is 1. The van der Waals surface area contributed by atoms with Gasteiger partial charge in [-0.2, -0.15) is 0 Å². The molecule has 3 heteroatoms. The van der Waals surface area contributed by atoms with Gasteiger partial charge in [-0.25, -0.2) is 0 Å². The number of nitrogens with one attached hydrogen (secondary N) is 1.